The van der Waals surface area contributed by atoms with Gasteiger partial charge in [0.05, 0.1) is 12.6 Å². The molecule has 29 heavy (non-hydrogen) atoms. The number of esters is 1. The molecule has 0 saturated carbocycles. The van der Waals surface area contributed by atoms with Crippen LogP contribution < -0.4 is 0 Å². The number of hydrogen-bond acceptors (Lipinski definition) is 2. The monoisotopic (exact) mass is 389 g/mol. The lowest BCUT2D eigenvalue weighted by atomic mass is 9.99. The van der Waals surface area contributed by atoms with E-state index in [4.69, 9.17) is 4.74 Å². The smallest absolute Gasteiger partial charge is 0.331 e. The number of aromatic nitrogens is 1. The number of unbranched alkanes of at least 4 members (excludes halogenated alkanes) is 2. The van der Waals surface area contributed by atoms with Crippen LogP contribution >= 0.6 is 0 Å². The van der Waals surface area contributed by atoms with Crippen molar-refractivity contribution in [1.82, 2.24) is 4.57 Å². The van der Waals surface area contributed by atoms with E-state index in [1.165, 1.54) is 35.7 Å². The zero-order valence-corrected chi connectivity index (χ0v) is 17.7. The molecule has 3 rings (SSSR count). The summed E-state index contributed by atoms with van der Waals surface area (Å²) in [6, 6.07) is 19.7. The van der Waals surface area contributed by atoms with E-state index in [9.17, 15) is 4.79 Å². The summed E-state index contributed by atoms with van der Waals surface area (Å²) >= 11 is 0. The average molecular weight is 390 g/mol. The Labute approximate surface area is 174 Å². The Morgan fingerprint density at radius 1 is 1.07 bits per heavy atom. The van der Waals surface area contributed by atoms with Crippen LogP contribution in [-0.4, -0.2) is 17.1 Å². The van der Waals surface area contributed by atoms with E-state index in [2.05, 4.69) is 72.3 Å². The van der Waals surface area contributed by atoms with Crippen molar-refractivity contribution in [3.8, 4) is 0 Å². The Morgan fingerprint density at radius 2 is 1.86 bits per heavy atom. The lowest BCUT2D eigenvalue weighted by Crippen LogP contribution is -2.09. The fraction of sp³-hybridized carbons (Fsp3) is 0.346. The van der Waals surface area contributed by atoms with E-state index in [1.807, 2.05) is 13.8 Å². The van der Waals surface area contributed by atoms with Gasteiger partial charge >= 0.3 is 5.97 Å². The van der Waals surface area contributed by atoms with E-state index >= 15 is 0 Å². The maximum Gasteiger partial charge on any atom is 0.331 e. The summed E-state index contributed by atoms with van der Waals surface area (Å²) in [6.45, 7) is 6.41. The Bertz CT molecular complexity index is 969. The first-order chi connectivity index (χ1) is 14.1. The van der Waals surface area contributed by atoms with Gasteiger partial charge in [-0.1, -0.05) is 62.6 Å². The van der Waals surface area contributed by atoms with Gasteiger partial charge in [-0.3, -0.25) is 0 Å². The van der Waals surface area contributed by atoms with Crippen molar-refractivity contribution in [3.05, 3.63) is 78.0 Å². The largest absolute Gasteiger partial charge is 0.463 e. The van der Waals surface area contributed by atoms with Gasteiger partial charge in [-0.25, -0.2) is 4.79 Å². The van der Waals surface area contributed by atoms with Crippen LogP contribution in [0.3, 0.4) is 0 Å². The van der Waals surface area contributed by atoms with Crippen molar-refractivity contribution in [2.24, 2.45) is 0 Å². The lowest BCUT2D eigenvalue weighted by Gasteiger charge is -2.21. The second-order valence-electron chi connectivity index (χ2n) is 7.50. The van der Waals surface area contributed by atoms with Gasteiger partial charge in [0.25, 0.3) is 0 Å². The number of allylic oxidation sites excluding steroid dienone is 1. The first kappa shape index (κ1) is 20.9. The first-order valence-electron chi connectivity index (χ1n) is 10.6. The predicted molar refractivity (Wildman–Crippen MR) is 121 cm³/mol. The van der Waals surface area contributed by atoms with Gasteiger partial charge in [-0.05, 0) is 55.2 Å². The van der Waals surface area contributed by atoms with E-state index < -0.39 is 0 Å². The molecule has 3 heteroatoms. The highest BCUT2D eigenvalue weighted by Crippen LogP contribution is 2.31. The molecular weight excluding hydrogens is 358 g/mol. The molecule has 1 atom stereocenters. The molecule has 1 aromatic heterocycles. The van der Waals surface area contributed by atoms with E-state index in [1.54, 1.807) is 6.08 Å². The number of carbonyl (C=O) groups excluding carboxylic acids is 1. The Balaban J connectivity index is 1.93. The number of hydrogen-bond donors (Lipinski definition) is 0. The third-order valence-corrected chi connectivity index (χ3v) is 5.40. The van der Waals surface area contributed by atoms with Crippen LogP contribution in [0, 0.1) is 0 Å². The maximum absolute atomic E-state index is 11.8. The number of fused-ring (bicyclic) bond motifs is 1. The molecule has 0 amide bonds. The molecule has 0 aliphatic rings. The third kappa shape index (κ3) is 5.17. The van der Waals surface area contributed by atoms with E-state index in [0.29, 0.717) is 12.6 Å². The lowest BCUT2D eigenvalue weighted by molar-refractivity contribution is -0.137. The second kappa shape index (κ2) is 10.1. The van der Waals surface area contributed by atoms with Crippen molar-refractivity contribution in [2.45, 2.75) is 52.5 Å². The van der Waals surface area contributed by atoms with Crippen LogP contribution in [-0.2, 0) is 9.53 Å². The minimum atomic E-state index is -0.289. The highest BCUT2D eigenvalue weighted by Gasteiger charge is 2.15. The van der Waals surface area contributed by atoms with Crippen LogP contribution in [0.2, 0.25) is 0 Å². The Hall–Kier alpha value is -2.81. The van der Waals surface area contributed by atoms with E-state index in [-0.39, 0.29) is 5.97 Å². The van der Waals surface area contributed by atoms with Crippen molar-refractivity contribution >= 4 is 22.4 Å². The predicted octanol–water partition coefficient (Wildman–Crippen LogP) is 6.78. The molecule has 0 aliphatic heterocycles. The Morgan fingerprint density at radius 3 is 2.59 bits per heavy atom. The molecule has 0 fully saturated rings. The third-order valence-electron chi connectivity index (χ3n) is 5.40. The van der Waals surface area contributed by atoms with Crippen molar-refractivity contribution < 1.29 is 9.53 Å². The quantitative estimate of drug-likeness (QED) is 0.229. The zero-order chi connectivity index (χ0) is 20.6. The van der Waals surface area contributed by atoms with Crippen LogP contribution in [0.15, 0.2) is 66.9 Å². The zero-order valence-electron chi connectivity index (χ0n) is 17.7. The molecule has 3 aromatic rings. The maximum atomic E-state index is 11.8. The summed E-state index contributed by atoms with van der Waals surface area (Å²) in [5.74, 6) is -0.289. The van der Waals surface area contributed by atoms with Crippen molar-refractivity contribution in [2.75, 3.05) is 6.61 Å². The normalized spacial score (nSPS) is 12.9. The summed E-state index contributed by atoms with van der Waals surface area (Å²) in [4.78, 5) is 11.8. The van der Waals surface area contributed by atoms with E-state index in [0.717, 1.165) is 17.6 Å². The Kier molecular flexibility index (Phi) is 7.29. The molecule has 0 bridgehead atoms. The fourth-order valence-corrected chi connectivity index (χ4v) is 3.85. The van der Waals surface area contributed by atoms with Gasteiger partial charge in [0.2, 0.25) is 0 Å². The summed E-state index contributed by atoms with van der Waals surface area (Å²) in [6.07, 6.45) is 8.59. The van der Waals surface area contributed by atoms with Crippen LogP contribution in [0.25, 0.3) is 16.5 Å². The van der Waals surface area contributed by atoms with Crippen LogP contribution in [0.4, 0.5) is 0 Å². The van der Waals surface area contributed by atoms with Gasteiger partial charge < -0.3 is 9.30 Å². The van der Waals surface area contributed by atoms with Gasteiger partial charge in [-0.2, -0.15) is 0 Å². The molecule has 2 aromatic carbocycles. The second-order valence-corrected chi connectivity index (χ2v) is 7.50. The number of nitrogens with zero attached hydrogens (tertiary/aromatic N) is 1. The average Bonchev–Trinajstić information content (AvgIpc) is 3.15. The molecular formula is C26H31NO2. The minimum absolute atomic E-state index is 0.289. The van der Waals surface area contributed by atoms with Crippen LogP contribution in [0.1, 0.15) is 63.6 Å². The summed E-state index contributed by atoms with van der Waals surface area (Å²) in [5, 5.41) is 1.19. The SMILES string of the molecule is CCCCCC(c1ccccc1)n1ccc2cc(/C(C)=C/C(=O)OCC)ccc21. The van der Waals surface area contributed by atoms with Gasteiger partial charge in [0.1, 0.15) is 0 Å². The topological polar surface area (TPSA) is 31.2 Å². The highest BCUT2D eigenvalue weighted by atomic mass is 16.5. The molecule has 0 saturated heterocycles. The molecule has 0 radical (unpaired) electrons. The van der Waals surface area contributed by atoms with Gasteiger partial charge in [0.15, 0.2) is 0 Å². The minimum Gasteiger partial charge on any atom is -0.463 e. The van der Waals surface area contributed by atoms with Crippen molar-refractivity contribution in [1.29, 1.82) is 0 Å². The number of benzene rings is 2. The van der Waals surface area contributed by atoms with Crippen molar-refractivity contribution in [3.63, 3.8) is 0 Å². The number of ether oxygens (including phenoxy) is 1. The summed E-state index contributed by atoms with van der Waals surface area (Å²) < 4.78 is 7.43. The van der Waals surface area contributed by atoms with Gasteiger partial charge in [0, 0.05) is 23.2 Å². The molecule has 152 valence electrons. The number of rotatable bonds is 9. The fourth-order valence-electron chi connectivity index (χ4n) is 3.85. The highest BCUT2D eigenvalue weighted by molar-refractivity contribution is 5.93. The molecule has 0 aliphatic carbocycles. The molecule has 0 spiro atoms. The van der Waals surface area contributed by atoms with Crippen LogP contribution in [0.5, 0.6) is 0 Å². The van der Waals surface area contributed by atoms with Gasteiger partial charge in [-0.15, -0.1) is 0 Å². The molecule has 1 heterocycles. The molecule has 1 unspecified atom stereocenters. The summed E-state index contributed by atoms with van der Waals surface area (Å²) in [7, 11) is 0. The summed E-state index contributed by atoms with van der Waals surface area (Å²) in [5.41, 5.74) is 4.54. The molecule has 0 N–H and O–H groups in total. The standard InChI is InChI=1S/C26H31NO2/c1-4-6-8-13-24(21-11-9-7-10-12-21)27-17-16-23-19-22(14-15-25(23)27)20(3)18-26(28)29-5-2/h7,9-12,14-19,24H,4-6,8,13H2,1-3H3/b20-18+. The molecule has 3 nitrogen and oxygen atoms in total. The first-order valence-corrected chi connectivity index (χ1v) is 10.6. The number of carbonyl (C=O) groups is 1.